The van der Waals surface area contributed by atoms with Crippen LogP contribution in [0.15, 0.2) is 24.3 Å². The summed E-state index contributed by atoms with van der Waals surface area (Å²) < 4.78 is 5.51. The molecule has 1 aliphatic rings. The summed E-state index contributed by atoms with van der Waals surface area (Å²) >= 11 is 1.10. The van der Waals surface area contributed by atoms with E-state index in [1.807, 2.05) is 11.8 Å². The number of carbonyl (C=O) groups excluding carboxylic acids is 2. The Hall–Kier alpha value is -1.69. The second kappa shape index (κ2) is 8.82. The van der Waals surface area contributed by atoms with Gasteiger partial charge in [0.15, 0.2) is 0 Å². The first-order valence-electron chi connectivity index (χ1n) is 8.07. The summed E-state index contributed by atoms with van der Waals surface area (Å²) in [4.78, 5) is 25.7. The lowest BCUT2D eigenvalue weighted by Crippen LogP contribution is -2.42. The number of anilines is 1. The van der Waals surface area contributed by atoms with E-state index in [0.29, 0.717) is 18.0 Å². The standard InChI is InChI=1S/C17H24N2O3S/c1-3-19(14-9-5-4-6-10-14)17(21)22-15-11-7-8-13(12-15)18-16(20)23-2/h7-8,11-12,14H,3-6,9-10H2,1-2H3,(H,18,20). The Morgan fingerprint density at radius 3 is 2.70 bits per heavy atom. The molecule has 0 saturated heterocycles. The fourth-order valence-electron chi connectivity index (χ4n) is 2.89. The van der Waals surface area contributed by atoms with Gasteiger partial charge in [-0.15, -0.1) is 0 Å². The molecule has 6 heteroatoms. The lowest BCUT2D eigenvalue weighted by molar-refractivity contribution is 0.121. The number of amides is 2. The molecule has 5 nitrogen and oxygen atoms in total. The quantitative estimate of drug-likeness (QED) is 0.863. The van der Waals surface area contributed by atoms with E-state index in [9.17, 15) is 9.59 Å². The molecule has 0 unspecified atom stereocenters. The van der Waals surface area contributed by atoms with Gasteiger partial charge in [-0.2, -0.15) is 0 Å². The summed E-state index contributed by atoms with van der Waals surface area (Å²) in [6, 6.07) is 7.20. The molecule has 1 fully saturated rings. The van der Waals surface area contributed by atoms with Gasteiger partial charge in [0.2, 0.25) is 0 Å². The van der Waals surface area contributed by atoms with Crippen LogP contribution in [0.4, 0.5) is 15.3 Å². The number of rotatable bonds is 4. The van der Waals surface area contributed by atoms with Crippen molar-refractivity contribution in [3.8, 4) is 5.75 Å². The molecule has 1 saturated carbocycles. The first-order valence-corrected chi connectivity index (χ1v) is 9.30. The lowest BCUT2D eigenvalue weighted by Gasteiger charge is -2.32. The highest BCUT2D eigenvalue weighted by molar-refractivity contribution is 8.13. The molecule has 0 radical (unpaired) electrons. The second-order valence-corrected chi connectivity index (χ2v) is 6.37. The molecule has 0 spiro atoms. The largest absolute Gasteiger partial charge is 0.415 e. The van der Waals surface area contributed by atoms with E-state index in [1.165, 1.54) is 19.3 Å². The van der Waals surface area contributed by atoms with Crippen LogP contribution in [0.5, 0.6) is 5.75 Å². The molecule has 1 aromatic rings. The number of hydrogen-bond donors (Lipinski definition) is 1. The predicted octanol–water partition coefficient (Wildman–Crippen LogP) is 4.73. The van der Waals surface area contributed by atoms with Crippen LogP contribution < -0.4 is 10.1 Å². The molecule has 1 N–H and O–H groups in total. The third-order valence-corrected chi connectivity index (χ3v) is 4.53. The van der Waals surface area contributed by atoms with Crippen molar-refractivity contribution in [1.29, 1.82) is 0 Å². The second-order valence-electron chi connectivity index (χ2n) is 5.59. The minimum atomic E-state index is -0.312. The molecule has 0 aromatic heterocycles. The third kappa shape index (κ3) is 5.16. The van der Waals surface area contributed by atoms with Crippen molar-refractivity contribution >= 4 is 28.8 Å². The van der Waals surface area contributed by atoms with Gasteiger partial charge in [-0.3, -0.25) is 4.79 Å². The SMILES string of the molecule is CCN(C(=O)Oc1cccc(NC(=O)SC)c1)C1CCCCC1. The maximum Gasteiger partial charge on any atom is 0.415 e. The molecule has 126 valence electrons. The molecular formula is C17H24N2O3S. The molecular weight excluding hydrogens is 312 g/mol. The summed E-state index contributed by atoms with van der Waals surface area (Å²) in [6.45, 7) is 2.62. The van der Waals surface area contributed by atoms with Crippen LogP contribution in [0, 0.1) is 0 Å². The van der Waals surface area contributed by atoms with Gasteiger partial charge in [0, 0.05) is 24.3 Å². The van der Waals surface area contributed by atoms with Gasteiger partial charge in [-0.05, 0) is 38.2 Å². The summed E-state index contributed by atoms with van der Waals surface area (Å²) in [5, 5.41) is 2.58. The van der Waals surface area contributed by atoms with Crippen LogP contribution in [0.1, 0.15) is 39.0 Å². The Morgan fingerprint density at radius 2 is 2.04 bits per heavy atom. The van der Waals surface area contributed by atoms with Gasteiger partial charge in [-0.25, -0.2) is 4.79 Å². The van der Waals surface area contributed by atoms with Crippen molar-refractivity contribution in [3.05, 3.63) is 24.3 Å². The normalized spacial score (nSPS) is 15.0. The number of thioether (sulfide) groups is 1. The molecule has 0 atom stereocenters. The topological polar surface area (TPSA) is 58.6 Å². The lowest BCUT2D eigenvalue weighted by atomic mass is 9.94. The third-order valence-electron chi connectivity index (χ3n) is 4.06. The van der Waals surface area contributed by atoms with E-state index in [2.05, 4.69) is 5.32 Å². The molecule has 2 rings (SSSR count). The van der Waals surface area contributed by atoms with Crippen LogP contribution in [-0.2, 0) is 0 Å². The smallest absolute Gasteiger partial charge is 0.410 e. The molecule has 0 heterocycles. The number of ether oxygens (including phenoxy) is 1. The fourth-order valence-corrected chi connectivity index (χ4v) is 3.11. The van der Waals surface area contributed by atoms with Crippen molar-refractivity contribution in [3.63, 3.8) is 0 Å². The summed E-state index contributed by atoms with van der Waals surface area (Å²) in [6.07, 6.45) is 7.09. The summed E-state index contributed by atoms with van der Waals surface area (Å²) in [5.41, 5.74) is 0.621. The first kappa shape index (κ1) is 17.7. The Balaban J connectivity index is 2.00. The van der Waals surface area contributed by atoms with E-state index >= 15 is 0 Å². The summed E-state index contributed by atoms with van der Waals surface area (Å²) in [7, 11) is 0. The van der Waals surface area contributed by atoms with E-state index in [0.717, 1.165) is 24.6 Å². The van der Waals surface area contributed by atoms with Crippen LogP contribution in [0.2, 0.25) is 0 Å². The maximum absolute atomic E-state index is 12.4. The van der Waals surface area contributed by atoms with Gasteiger partial charge < -0.3 is 15.0 Å². The molecule has 23 heavy (non-hydrogen) atoms. The monoisotopic (exact) mass is 336 g/mol. The highest BCUT2D eigenvalue weighted by Gasteiger charge is 2.25. The van der Waals surface area contributed by atoms with E-state index in [-0.39, 0.29) is 17.4 Å². The van der Waals surface area contributed by atoms with E-state index in [1.54, 1.807) is 30.5 Å². The molecule has 1 aromatic carbocycles. The Morgan fingerprint density at radius 1 is 1.30 bits per heavy atom. The molecule has 0 aliphatic heterocycles. The van der Waals surface area contributed by atoms with Crippen molar-refractivity contribution < 1.29 is 14.3 Å². The van der Waals surface area contributed by atoms with Gasteiger partial charge in [0.25, 0.3) is 5.24 Å². The van der Waals surface area contributed by atoms with Crippen molar-refractivity contribution in [2.75, 3.05) is 18.1 Å². The molecule has 1 aliphatic carbocycles. The van der Waals surface area contributed by atoms with Crippen LogP contribution >= 0.6 is 11.8 Å². The summed E-state index contributed by atoms with van der Waals surface area (Å²) in [5.74, 6) is 0.447. The van der Waals surface area contributed by atoms with Crippen LogP contribution in [0.25, 0.3) is 0 Å². The molecule has 2 amide bonds. The number of nitrogens with one attached hydrogen (secondary N) is 1. The van der Waals surface area contributed by atoms with Crippen LogP contribution in [0.3, 0.4) is 0 Å². The zero-order valence-electron chi connectivity index (χ0n) is 13.7. The minimum Gasteiger partial charge on any atom is -0.410 e. The first-order chi connectivity index (χ1) is 11.1. The fraction of sp³-hybridized carbons (Fsp3) is 0.529. The van der Waals surface area contributed by atoms with E-state index in [4.69, 9.17) is 4.74 Å². The Kier molecular flexibility index (Phi) is 6.77. The average molecular weight is 336 g/mol. The number of benzene rings is 1. The zero-order valence-corrected chi connectivity index (χ0v) is 14.5. The van der Waals surface area contributed by atoms with Gasteiger partial charge in [0.1, 0.15) is 5.75 Å². The van der Waals surface area contributed by atoms with Gasteiger partial charge in [-0.1, -0.05) is 37.1 Å². The number of carbonyl (C=O) groups is 2. The number of hydrogen-bond acceptors (Lipinski definition) is 4. The van der Waals surface area contributed by atoms with Gasteiger partial charge >= 0.3 is 6.09 Å². The van der Waals surface area contributed by atoms with Crippen molar-refractivity contribution in [2.24, 2.45) is 0 Å². The van der Waals surface area contributed by atoms with Crippen molar-refractivity contribution in [1.82, 2.24) is 4.90 Å². The Bertz CT molecular complexity index is 544. The number of nitrogens with zero attached hydrogens (tertiary/aromatic N) is 1. The van der Waals surface area contributed by atoms with Gasteiger partial charge in [0.05, 0.1) is 0 Å². The Labute approximate surface area is 141 Å². The predicted molar refractivity (Wildman–Crippen MR) is 94.3 cm³/mol. The van der Waals surface area contributed by atoms with E-state index < -0.39 is 0 Å². The highest BCUT2D eigenvalue weighted by Crippen LogP contribution is 2.24. The maximum atomic E-state index is 12.4. The highest BCUT2D eigenvalue weighted by atomic mass is 32.2. The van der Waals surface area contributed by atoms with Crippen LogP contribution in [-0.4, -0.2) is 35.1 Å². The average Bonchev–Trinajstić information content (AvgIpc) is 2.56. The molecule has 0 bridgehead atoms. The zero-order chi connectivity index (χ0) is 16.7. The van der Waals surface area contributed by atoms with Crippen molar-refractivity contribution in [2.45, 2.75) is 45.1 Å². The minimum absolute atomic E-state index is 0.147.